The number of carbonyl (C=O) groups is 1. The molecule has 4 rings (SSSR count). The lowest BCUT2D eigenvalue weighted by Gasteiger charge is -2.14. The normalized spacial score (nSPS) is 11.1. The standard InChI is InChI=1S/C25H25N3O3S/c1-17-10-11-18(2)21(15-17)28-24(30)23-20(12-14-32-23)27(25(28)31)16-22(29)26-13-6-9-19-7-4-3-5-8-19/h3-5,7-8,10-12,14-15H,6,9,13,16H2,1-2H3,(H,26,29). The minimum absolute atomic E-state index is 0.136. The van der Waals surface area contributed by atoms with Crippen LogP contribution in [0.25, 0.3) is 15.9 Å². The molecule has 0 spiro atoms. The summed E-state index contributed by atoms with van der Waals surface area (Å²) < 4.78 is 3.04. The van der Waals surface area contributed by atoms with Crippen LogP contribution in [0.15, 0.2) is 69.6 Å². The molecule has 0 unspecified atom stereocenters. The molecule has 0 bridgehead atoms. The van der Waals surface area contributed by atoms with Crippen LogP contribution in [-0.4, -0.2) is 21.6 Å². The van der Waals surface area contributed by atoms with Crippen LogP contribution >= 0.6 is 11.3 Å². The van der Waals surface area contributed by atoms with Gasteiger partial charge in [0.25, 0.3) is 5.56 Å². The van der Waals surface area contributed by atoms with Gasteiger partial charge in [-0.25, -0.2) is 9.36 Å². The predicted octanol–water partition coefficient (Wildman–Crippen LogP) is 3.58. The van der Waals surface area contributed by atoms with Gasteiger partial charge in [-0.3, -0.25) is 14.2 Å². The molecule has 0 aliphatic rings. The largest absolute Gasteiger partial charge is 0.355 e. The Morgan fingerprint density at radius 1 is 1.03 bits per heavy atom. The molecule has 0 aliphatic heterocycles. The number of amides is 1. The second-order valence-corrected chi connectivity index (χ2v) is 8.79. The maximum atomic E-state index is 13.4. The highest BCUT2D eigenvalue weighted by Gasteiger charge is 2.18. The maximum absolute atomic E-state index is 13.4. The van der Waals surface area contributed by atoms with E-state index in [0.29, 0.717) is 22.4 Å². The lowest BCUT2D eigenvalue weighted by atomic mass is 10.1. The summed E-state index contributed by atoms with van der Waals surface area (Å²) >= 11 is 1.28. The van der Waals surface area contributed by atoms with Gasteiger partial charge in [0.1, 0.15) is 11.2 Å². The van der Waals surface area contributed by atoms with E-state index in [4.69, 9.17) is 0 Å². The van der Waals surface area contributed by atoms with E-state index in [-0.39, 0.29) is 18.0 Å². The number of nitrogens with one attached hydrogen (secondary N) is 1. The third-order valence-corrected chi connectivity index (χ3v) is 6.36. The first-order chi connectivity index (χ1) is 15.5. The molecular formula is C25H25N3O3S. The Morgan fingerprint density at radius 2 is 1.81 bits per heavy atom. The molecule has 0 saturated heterocycles. The number of aromatic nitrogens is 2. The Hall–Kier alpha value is -3.45. The average Bonchev–Trinajstić information content (AvgIpc) is 3.28. The molecule has 0 aliphatic carbocycles. The van der Waals surface area contributed by atoms with Gasteiger partial charge in [-0.2, -0.15) is 0 Å². The van der Waals surface area contributed by atoms with Crippen molar-refractivity contribution in [2.45, 2.75) is 33.2 Å². The Labute approximate surface area is 189 Å². The highest BCUT2D eigenvalue weighted by molar-refractivity contribution is 7.17. The molecule has 1 amide bonds. The second-order valence-electron chi connectivity index (χ2n) is 7.87. The van der Waals surface area contributed by atoms with Gasteiger partial charge in [0.05, 0.1) is 11.2 Å². The van der Waals surface area contributed by atoms with Crippen molar-refractivity contribution in [2.75, 3.05) is 6.54 Å². The number of rotatable bonds is 7. The van der Waals surface area contributed by atoms with E-state index in [9.17, 15) is 14.4 Å². The summed E-state index contributed by atoms with van der Waals surface area (Å²) in [4.78, 5) is 39.1. The first-order valence-electron chi connectivity index (χ1n) is 10.6. The summed E-state index contributed by atoms with van der Waals surface area (Å²) in [6.07, 6.45) is 1.67. The van der Waals surface area contributed by atoms with E-state index in [0.717, 1.165) is 24.0 Å². The summed E-state index contributed by atoms with van der Waals surface area (Å²) in [5.74, 6) is -0.251. The van der Waals surface area contributed by atoms with Gasteiger partial charge in [-0.1, -0.05) is 42.5 Å². The van der Waals surface area contributed by atoms with Crippen LogP contribution in [0.5, 0.6) is 0 Å². The Bertz CT molecular complexity index is 1380. The maximum Gasteiger partial charge on any atom is 0.336 e. The molecule has 0 radical (unpaired) electrons. The molecule has 0 fully saturated rings. The van der Waals surface area contributed by atoms with Crippen LogP contribution in [-0.2, 0) is 17.8 Å². The fourth-order valence-electron chi connectivity index (χ4n) is 3.78. The summed E-state index contributed by atoms with van der Waals surface area (Å²) in [5.41, 5.74) is 3.17. The molecule has 164 valence electrons. The van der Waals surface area contributed by atoms with Gasteiger partial charge in [0.2, 0.25) is 5.91 Å². The van der Waals surface area contributed by atoms with Gasteiger partial charge >= 0.3 is 5.69 Å². The SMILES string of the molecule is Cc1ccc(C)c(-n2c(=O)c3sccc3n(CC(=O)NCCCc3ccccc3)c2=O)c1. The fraction of sp³-hybridized carbons (Fsp3) is 0.240. The number of carbonyl (C=O) groups excluding carboxylic acids is 1. The predicted molar refractivity (Wildman–Crippen MR) is 129 cm³/mol. The zero-order chi connectivity index (χ0) is 22.7. The highest BCUT2D eigenvalue weighted by Crippen LogP contribution is 2.18. The lowest BCUT2D eigenvalue weighted by molar-refractivity contribution is -0.121. The van der Waals surface area contributed by atoms with Crippen molar-refractivity contribution >= 4 is 27.5 Å². The topological polar surface area (TPSA) is 73.1 Å². The van der Waals surface area contributed by atoms with Crippen molar-refractivity contribution in [3.05, 3.63) is 97.5 Å². The van der Waals surface area contributed by atoms with Crippen molar-refractivity contribution in [3.8, 4) is 5.69 Å². The number of benzene rings is 2. The van der Waals surface area contributed by atoms with E-state index >= 15 is 0 Å². The van der Waals surface area contributed by atoms with E-state index in [1.807, 2.05) is 50.2 Å². The van der Waals surface area contributed by atoms with Gasteiger partial charge in [0, 0.05) is 6.54 Å². The quantitative estimate of drug-likeness (QED) is 0.440. The second kappa shape index (κ2) is 9.36. The van der Waals surface area contributed by atoms with Crippen LogP contribution < -0.4 is 16.6 Å². The van der Waals surface area contributed by atoms with Gasteiger partial charge < -0.3 is 5.32 Å². The zero-order valence-corrected chi connectivity index (χ0v) is 18.9. The Kier molecular flexibility index (Phi) is 6.37. The zero-order valence-electron chi connectivity index (χ0n) is 18.1. The number of nitrogens with zero attached hydrogens (tertiary/aromatic N) is 2. The number of hydrogen-bond acceptors (Lipinski definition) is 4. The van der Waals surface area contributed by atoms with Crippen LogP contribution in [0.4, 0.5) is 0 Å². The van der Waals surface area contributed by atoms with Gasteiger partial charge in [-0.15, -0.1) is 11.3 Å². The van der Waals surface area contributed by atoms with E-state index in [1.165, 1.54) is 26.0 Å². The summed E-state index contributed by atoms with van der Waals surface area (Å²) in [7, 11) is 0. The van der Waals surface area contributed by atoms with E-state index < -0.39 is 5.69 Å². The molecule has 32 heavy (non-hydrogen) atoms. The minimum Gasteiger partial charge on any atom is -0.355 e. The molecule has 2 aromatic heterocycles. The third-order valence-electron chi connectivity index (χ3n) is 5.47. The summed E-state index contributed by atoms with van der Waals surface area (Å²) in [5, 5.41) is 4.67. The Balaban J connectivity index is 1.59. The van der Waals surface area contributed by atoms with Crippen molar-refractivity contribution in [1.29, 1.82) is 0 Å². The molecule has 2 heterocycles. The van der Waals surface area contributed by atoms with Crippen LogP contribution in [0, 0.1) is 13.8 Å². The van der Waals surface area contributed by atoms with Gasteiger partial charge in [0.15, 0.2) is 0 Å². The minimum atomic E-state index is -0.506. The van der Waals surface area contributed by atoms with E-state index in [1.54, 1.807) is 11.4 Å². The third kappa shape index (κ3) is 4.43. The number of thiophene rings is 1. The fourth-order valence-corrected chi connectivity index (χ4v) is 4.60. The van der Waals surface area contributed by atoms with E-state index in [2.05, 4.69) is 17.4 Å². The molecule has 1 N–H and O–H groups in total. The van der Waals surface area contributed by atoms with Crippen molar-refractivity contribution in [1.82, 2.24) is 14.5 Å². The molecule has 6 nitrogen and oxygen atoms in total. The van der Waals surface area contributed by atoms with Crippen molar-refractivity contribution in [2.24, 2.45) is 0 Å². The molecule has 7 heteroatoms. The monoisotopic (exact) mass is 447 g/mol. The van der Waals surface area contributed by atoms with Gasteiger partial charge in [-0.05, 0) is 60.9 Å². The Morgan fingerprint density at radius 3 is 2.59 bits per heavy atom. The molecule has 0 atom stereocenters. The van der Waals surface area contributed by atoms with Crippen LogP contribution in [0.2, 0.25) is 0 Å². The van der Waals surface area contributed by atoms with Crippen LogP contribution in [0.1, 0.15) is 23.1 Å². The molecular weight excluding hydrogens is 422 g/mol. The van der Waals surface area contributed by atoms with Crippen molar-refractivity contribution in [3.63, 3.8) is 0 Å². The number of fused-ring (bicyclic) bond motifs is 1. The first kappa shape index (κ1) is 21.8. The smallest absolute Gasteiger partial charge is 0.336 e. The molecule has 4 aromatic rings. The number of hydrogen-bond donors (Lipinski definition) is 1. The molecule has 0 saturated carbocycles. The highest BCUT2D eigenvalue weighted by atomic mass is 32.1. The summed E-state index contributed by atoms with van der Waals surface area (Å²) in [6, 6.07) is 17.5. The molecule has 2 aromatic carbocycles. The lowest BCUT2D eigenvalue weighted by Crippen LogP contribution is -2.41. The van der Waals surface area contributed by atoms with Crippen LogP contribution in [0.3, 0.4) is 0 Å². The van der Waals surface area contributed by atoms with Crippen molar-refractivity contribution < 1.29 is 4.79 Å². The average molecular weight is 448 g/mol. The number of aryl methyl sites for hydroxylation is 3. The first-order valence-corrected chi connectivity index (χ1v) is 11.4. The summed E-state index contributed by atoms with van der Waals surface area (Å²) in [6.45, 7) is 4.16.